The van der Waals surface area contributed by atoms with Crippen molar-refractivity contribution in [3.63, 3.8) is 0 Å². The number of piperidine rings is 1. The number of amides is 1. The number of nitrogens with zero attached hydrogens (tertiary/aromatic N) is 2. The molecule has 1 aromatic heterocycles. The lowest BCUT2D eigenvalue weighted by atomic mass is 10.0. The third kappa shape index (κ3) is 5.33. The summed E-state index contributed by atoms with van der Waals surface area (Å²) in [6.45, 7) is 6.83. The van der Waals surface area contributed by atoms with Crippen LogP contribution in [0.1, 0.15) is 55.3 Å². The molecule has 1 fully saturated rings. The second-order valence-electron chi connectivity index (χ2n) is 8.56. The number of hydrogen-bond acceptors (Lipinski definition) is 6. The predicted molar refractivity (Wildman–Crippen MR) is 115 cm³/mol. The quantitative estimate of drug-likeness (QED) is 0.623. The number of carbonyl (C=O) groups excluding carboxylic acids is 1. The Balaban J connectivity index is 1.89. The van der Waals surface area contributed by atoms with Crippen LogP contribution >= 0.6 is 11.3 Å². The Bertz CT molecular complexity index is 971. The highest BCUT2D eigenvalue weighted by Gasteiger charge is 2.45. The molecule has 1 aromatic carbocycles. The summed E-state index contributed by atoms with van der Waals surface area (Å²) in [6.07, 6.45) is 2.30. The molecule has 1 atom stereocenters. The number of alkyl halides is 1. The van der Waals surface area contributed by atoms with Gasteiger partial charge in [-0.25, -0.2) is 19.0 Å². The third-order valence-corrected chi connectivity index (χ3v) is 5.76. The van der Waals surface area contributed by atoms with Crippen molar-refractivity contribution in [3.05, 3.63) is 34.8 Å². The second kappa shape index (κ2) is 8.82. The largest absolute Gasteiger partial charge is 0.487 e. The number of benzene rings is 1. The number of carboxylic acids is 1. The number of carbonyl (C=O) groups is 2. The average molecular weight is 451 g/mol. The van der Waals surface area contributed by atoms with Crippen molar-refractivity contribution in [2.45, 2.75) is 58.4 Å². The van der Waals surface area contributed by atoms with Gasteiger partial charge in [0.05, 0.1) is 11.1 Å². The highest BCUT2D eigenvalue weighted by molar-refractivity contribution is 7.15. The van der Waals surface area contributed by atoms with Crippen LogP contribution < -0.4 is 4.74 Å². The number of thiazole rings is 1. The van der Waals surface area contributed by atoms with E-state index in [0.29, 0.717) is 23.4 Å². The van der Waals surface area contributed by atoms with Gasteiger partial charge in [-0.1, -0.05) is 6.07 Å². The summed E-state index contributed by atoms with van der Waals surface area (Å²) in [5.41, 5.74) is -0.425. The number of rotatable bonds is 5. The third-order valence-electron chi connectivity index (χ3n) is 4.83. The van der Waals surface area contributed by atoms with Gasteiger partial charge >= 0.3 is 12.1 Å². The van der Waals surface area contributed by atoms with Crippen LogP contribution in [-0.2, 0) is 4.74 Å². The zero-order valence-electron chi connectivity index (χ0n) is 18.1. The summed E-state index contributed by atoms with van der Waals surface area (Å²) >= 11 is 1.33. The summed E-state index contributed by atoms with van der Waals surface area (Å²) in [5.74, 6) is -2.98. The van der Waals surface area contributed by atoms with Gasteiger partial charge in [0.2, 0.25) is 5.79 Å². The lowest BCUT2D eigenvalue weighted by Crippen LogP contribution is -2.56. The van der Waals surface area contributed by atoms with Crippen molar-refractivity contribution in [3.8, 4) is 16.3 Å². The van der Waals surface area contributed by atoms with Gasteiger partial charge in [-0.3, -0.25) is 4.90 Å². The van der Waals surface area contributed by atoms with Crippen molar-refractivity contribution in [2.24, 2.45) is 0 Å². The predicted octanol–water partition coefficient (Wildman–Crippen LogP) is 5.28. The van der Waals surface area contributed by atoms with Crippen molar-refractivity contribution in [1.29, 1.82) is 0 Å². The minimum Gasteiger partial charge on any atom is -0.487 e. The molecule has 0 bridgehead atoms. The van der Waals surface area contributed by atoms with Gasteiger partial charge in [0.25, 0.3) is 0 Å². The van der Waals surface area contributed by atoms with E-state index in [1.165, 1.54) is 17.4 Å². The van der Waals surface area contributed by atoms with Crippen LogP contribution in [0.2, 0.25) is 0 Å². The Labute approximate surface area is 184 Å². The van der Waals surface area contributed by atoms with E-state index in [-0.39, 0.29) is 24.3 Å². The Morgan fingerprint density at radius 2 is 2.06 bits per heavy atom. The van der Waals surface area contributed by atoms with Crippen LogP contribution in [-0.4, -0.2) is 51.6 Å². The lowest BCUT2D eigenvalue weighted by Gasteiger charge is -2.41. The summed E-state index contributed by atoms with van der Waals surface area (Å²) in [5, 5.41) is 10.1. The minimum absolute atomic E-state index is 0.0207. The van der Waals surface area contributed by atoms with Gasteiger partial charge in [-0.05, 0) is 52.7 Å². The molecule has 0 radical (unpaired) electrons. The zero-order chi connectivity index (χ0) is 22.8. The SMILES string of the molecule is Cc1cnc(-c2c(OCC3(F)CCCCN3C(=O)OC(C)(C)C)cccc2C(=O)O)s1. The van der Waals surface area contributed by atoms with Crippen LogP contribution in [0.4, 0.5) is 9.18 Å². The van der Waals surface area contributed by atoms with Crippen molar-refractivity contribution < 1.29 is 28.6 Å². The van der Waals surface area contributed by atoms with Crippen LogP contribution in [0.15, 0.2) is 24.4 Å². The molecule has 1 saturated heterocycles. The second-order valence-corrected chi connectivity index (χ2v) is 9.79. The first-order valence-corrected chi connectivity index (χ1v) is 10.9. The summed E-state index contributed by atoms with van der Waals surface area (Å²) in [4.78, 5) is 30.6. The van der Waals surface area contributed by atoms with E-state index >= 15 is 4.39 Å². The first-order chi connectivity index (χ1) is 14.5. The molecule has 2 heterocycles. The molecule has 1 aliphatic heterocycles. The molecule has 7 nitrogen and oxygen atoms in total. The van der Waals surface area contributed by atoms with E-state index < -0.39 is 30.1 Å². The highest BCUT2D eigenvalue weighted by atomic mass is 32.1. The number of likely N-dealkylation sites (tertiary alicyclic amines) is 1. The number of aromatic nitrogens is 1. The number of halogens is 1. The maximum absolute atomic E-state index is 15.9. The molecule has 31 heavy (non-hydrogen) atoms. The van der Waals surface area contributed by atoms with Crippen molar-refractivity contribution in [1.82, 2.24) is 9.88 Å². The lowest BCUT2D eigenvalue weighted by molar-refractivity contribution is -0.0929. The van der Waals surface area contributed by atoms with E-state index in [0.717, 1.165) is 9.78 Å². The Hall–Kier alpha value is -2.68. The molecular weight excluding hydrogens is 423 g/mol. The number of aromatic carboxylic acids is 1. The van der Waals surface area contributed by atoms with E-state index in [4.69, 9.17) is 9.47 Å². The van der Waals surface area contributed by atoms with Crippen molar-refractivity contribution in [2.75, 3.05) is 13.2 Å². The van der Waals surface area contributed by atoms with Gasteiger partial charge in [-0.15, -0.1) is 11.3 Å². The highest BCUT2D eigenvalue weighted by Crippen LogP contribution is 2.38. The Kier molecular flexibility index (Phi) is 6.54. The number of ether oxygens (including phenoxy) is 2. The molecule has 9 heteroatoms. The van der Waals surface area contributed by atoms with E-state index in [9.17, 15) is 14.7 Å². The Morgan fingerprint density at radius 1 is 1.32 bits per heavy atom. The van der Waals surface area contributed by atoms with E-state index in [2.05, 4.69) is 4.98 Å². The van der Waals surface area contributed by atoms with E-state index in [1.54, 1.807) is 39.1 Å². The molecule has 1 N–H and O–H groups in total. The van der Waals surface area contributed by atoms with E-state index in [1.807, 2.05) is 6.92 Å². The molecule has 168 valence electrons. The summed E-state index contributed by atoms with van der Waals surface area (Å²) in [7, 11) is 0. The molecule has 0 aliphatic carbocycles. The maximum atomic E-state index is 15.9. The van der Waals surface area contributed by atoms with Crippen LogP contribution in [0, 0.1) is 6.92 Å². The zero-order valence-corrected chi connectivity index (χ0v) is 18.9. The molecule has 0 spiro atoms. The van der Waals surface area contributed by atoms with Gasteiger partial charge < -0.3 is 14.6 Å². The standard InChI is InChI=1S/C22H27FN2O5S/c1-14-12-24-18(31-14)17-15(19(26)27)8-7-9-16(17)29-13-22(23)10-5-6-11-25(22)20(28)30-21(2,3)4/h7-9,12H,5-6,10-11,13H2,1-4H3,(H,26,27). The maximum Gasteiger partial charge on any atom is 0.412 e. The summed E-state index contributed by atoms with van der Waals surface area (Å²) in [6, 6.07) is 4.59. The molecule has 2 aromatic rings. The van der Waals surface area contributed by atoms with Gasteiger partial charge in [0.15, 0.2) is 0 Å². The van der Waals surface area contributed by atoms with Gasteiger partial charge in [0.1, 0.15) is 23.0 Å². The van der Waals surface area contributed by atoms with Crippen molar-refractivity contribution >= 4 is 23.4 Å². The van der Waals surface area contributed by atoms with Gasteiger partial charge in [0, 0.05) is 24.0 Å². The molecule has 0 saturated carbocycles. The molecule has 1 unspecified atom stereocenters. The first kappa shape index (κ1) is 23.0. The van der Waals surface area contributed by atoms with Crippen LogP contribution in [0.3, 0.4) is 0 Å². The molecule has 1 amide bonds. The van der Waals surface area contributed by atoms with Gasteiger partial charge in [-0.2, -0.15) is 0 Å². The first-order valence-electron chi connectivity index (χ1n) is 10.1. The fourth-order valence-electron chi connectivity index (χ4n) is 3.43. The molecule has 1 aliphatic rings. The molecular formula is C22H27FN2O5S. The number of aryl methyl sites for hydroxylation is 1. The minimum atomic E-state index is -2.06. The monoisotopic (exact) mass is 450 g/mol. The molecule has 3 rings (SSSR count). The normalized spacial score (nSPS) is 19.2. The smallest absolute Gasteiger partial charge is 0.412 e. The summed E-state index contributed by atoms with van der Waals surface area (Å²) < 4.78 is 27.1. The van der Waals surface area contributed by atoms with Crippen LogP contribution in [0.25, 0.3) is 10.6 Å². The van der Waals surface area contributed by atoms with Crippen LogP contribution in [0.5, 0.6) is 5.75 Å². The average Bonchev–Trinajstić information content (AvgIpc) is 3.11. The number of carboxylic acid groups (broad SMARTS) is 1. The number of hydrogen-bond donors (Lipinski definition) is 1. The Morgan fingerprint density at radius 3 is 2.68 bits per heavy atom. The fourth-order valence-corrected chi connectivity index (χ4v) is 4.26. The fraction of sp³-hybridized carbons (Fsp3) is 0.500. The topological polar surface area (TPSA) is 89.0 Å².